The van der Waals surface area contributed by atoms with Gasteiger partial charge in [0.05, 0.1) is 24.2 Å². The highest BCUT2D eigenvalue weighted by molar-refractivity contribution is 7.99. The summed E-state index contributed by atoms with van der Waals surface area (Å²) >= 11 is 1.70. The van der Waals surface area contributed by atoms with Gasteiger partial charge < -0.3 is 5.73 Å². The lowest BCUT2D eigenvalue weighted by atomic mass is 10.2. The van der Waals surface area contributed by atoms with Crippen molar-refractivity contribution in [3.63, 3.8) is 0 Å². The van der Waals surface area contributed by atoms with Crippen molar-refractivity contribution >= 4 is 33.2 Å². The van der Waals surface area contributed by atoms with Crippen molar-refractivity contribution in [2.45, 2.75) is 4.90 Å². The number of thioether (sulfide) groups is 1. The zero-order valence-electron chi connectivity index (χ0n) is 12.9. The number of hydrogen-bond donors (Lipinski definition) is 1. The molecule has 0 radical (unpaired) electrons. The largest absolute Gasteiger partial charge is 0.397 e. The van der Waals surface area contributed by atoms with Crippen LogP contribution in [0.3, 0.4) is 0 Å². The molecule has 0 aliphatic heterocycles. The maximum absolute atomic E-state index is 12.0. The Morgan fingerprint density at radius 3 is 2.35 bits per heavy atom. The smallest absolute Gasteiger partial charge is 0.232 e. The molecule has 0 aliphatic carbocycles. The van der Waals surface area contributed by atoms with Gasteiger partial charge in [0.2, 0.25) is 10.0 Å². The third kappa shape index (κ3) is 5.33. The van der Waals surface area contributed by atoms with E-state index in [9.17, 15) is 8.42 Å². The van der Waals surface area contributed by atoms with Gasteiger partial charge in [-0.3, -0.25) is 4.31 Å². The molecule has 2 aromatic carbocycles. The number of nitrogens with two attached hydrogens (primary N) is 1. The number of benzene rings is 2. The topological polar surface area (TPSA) is 63.4 Å². The fraction of sp³-hybridized carbons (Fsp3) is 0.176. The molecule has 0 bridgehead atoms. The second-order valence-electron chi connectivity index (χ2n) is 4.95. The van der Waals surface area contributed by atoms with Gasteiger partial charge in [0.1, 0.15) is 0 Å². The molecule has 0 aliphatic rings. The number of anilines is 2. The van der Waals surface area contributed by atoms with Crippen LogP contribution in [0.2, 0.25) is 0 Å². The van der Waals surface area contributed by atoms with E-state index in [1.165, 1.54) is 15.5 Å². The second-order valence-corrected chi connectivity index (χ2v) is 7.95. The summed E-state index contributed by atoms with van der Waals surface area (Å²) in [7, 11) is -3.38. The predicted octanol–water partition coefficient (Wildman–Crippen LogP) is 3.38. The maximum Gasteiger partial charge on any atom is 0.232 e. The van der Waals surface area contributed by atoms with Crippen molar-refractivity contribution in [3.8, 4) is 0 Å². The van der Waals surface area contributed by atoms with Crippen LogP contribution in [0.1, 0.15) is 0 Å². The number of nitrogen functional groups attached to an aromatic ring is 1. The molecule has 4 nitrogen and oxygen atoms in total. The van der Waals surface area contributed by atoms with Gasteiger partial charge in [-0.15, -0.1) is 11.8 Å². The fourth-order valence-electron chi connectivity index (χ4n) is 2.03. The first-order valence-electron chi connectivity index (χ1n) is 7.13. The third-order valence-electron chi connectivity index (χ3n) is 3.13. The van der Waals surface area contributed by atoms with E-state index >= 15 is 0 Å². The quantitative estimate of drug-likeness (QED) is 0.473. The van der Waals surface area contributed by atoms with E-state index in [4.69, 9.17) is 5.73 Å². The molecular weight excluding hydrogens is 328 g/mol. The lowest BCUT2D eigenvalue weighted by molar-refractivity contribution is 0.599. The lowest BCUT2D eigenvalue weighted by Crippen LogP contribution is -2.30. The minimum absolute atomic E-state index is 0.266. The Morgan fingerprint density at radius 2 is 1.70 bits per heavy atom. The molecule has 2 N–H and O–H groups in total. The summed E-state index contributed by atoms with van der Waals surface area (Å²) < 4.78 is 25.3. The van der Waals surface area contributed by atoms with Gasteiger partial charge in [-0.25, -0.2) is 8.42 Å². The Hall–Kier alpha value is -1.92. The van der Waals surface area contributed by atoms with E-state index in [1.54, 1.807) is 36.0 Å². The van der Waals surface area contributed by atoms with E-state index in [0.717, 1.165) is 5.75 Å². The highest BCUT2D eigenvalue weighted by Crippen LogP contribution is 2.24. The van der Waals surface area contributed by atoms with Crippen LogP contribution >= 0.6 is 11.8 Å². The van der Waals surface area contributed by atoms with Crippen LogP contribution in [0.15, 0.2) is 71.6 Å². The summed E-state index contributed by atoms with van der Waals surface area (Å²) in [6.45, 7) is 0.266. The normalized spacial score (nSPS) is 11.7. The van der Waals surface area contributed by atoms with Crippen LogP contribution in [0.5, 0.6) is 0 Å². The van der Waals surface area contributed by atoms with Gasteiger partial charge in [-0.05, 0) is 24.3 Å². The fourth-order valence-corrected chi connectivity index (χ4v) is 3.68. The van der Waals surface area contributed by atoms with Gasteiger partial charge in [0.15, 0.2) is 0 Å². The molecule has 0 unspecified atom stereocenters. The van der Waals surface area contributed by atoms with Gasteiger partial charge >= 0.3 is 0 Å². The van der Waals surface area contributed by atoms with Crippen LogP contribution in [0.25, 0.3) is 0 Å². The highest BCUT2D eigenvalue weighted by atomic mass is 32.2. The Bertz CT molecular complexity index is 759. The van der Waals surface area contributed by atoms with Crippen molar-refractivity contribution in [3.05, 3.63) is 66.7 Å². The SMILES string of the molecule is CS(=O)(=O)N(C/C=C\CSc1ccccc1)c1ccccc1N. The molecule has 0 heterocycles. The van der Waals surface area contributed by atoms with Gasteiger partial charge in [0.25, 0.3) is 0 Å². The minimum Gasteiger partial charge on any atom is -0.397 e. The zero-order valence-corrected chi connectivity index (χ0v) is 14.6. The molecule has 0 atom stereocenters. The van der Waals surface area contributed by atoms with Gasteiger partial charge in [0, 0.05) is 10.6 Å². The average Bonchev–Trinajstić information content (AvgIpc) is 2.52. The molecule has 0 amide bonds. The molecule has 0 aromatic heterocycles. The molecule has 0 saturated heterocycles. The first-order chi connectivity index (χ1) is 11.0. The number of nitrogens with zero attached hydrogens (tertiary/aromatic N) is 1. The molecule has 2 rings (SSSR count). The van der Waals surface area contributed by atoms with Crippen molar-refractivity contribution < 1.29 is 8.42 Å². The highest BCUT2D eigenvalue weighted by Gasteiger charge is 2.17. The van der Waals surface area contributed by atoms with Crippen molar-refractivity contribution in [2.75, 3.05) is 28.6 Å². The molecule has 23 heavy (non-hydrogen) atoms. The zero-order chi connectivity index (χ0) is 16.7. The van der Waals surface area contributed by atoms with E-state index < -0.39 is 10.0 Å². The Balaban J connectivity index is 2.00. The van der Waals surface area contributed by atoms with E-state index in [2.05, 4.69) is 0 Å². The van der Waals surface area contributed by atoms with E-state index in [0.29, 0.717) is 11.4 Å². The van der Waals surface area contributed by atoms with Crippen LogP contribution in [-0.2, 0) is 10.0 Å². The Kier molecular flexibility index (Phi) is 6.12. The molecule has 122 valence electrons. The van der Waals surface area contributed by atoms with Crippen molar-refractivity contribution in [1.29, 1.82) is 0 Å². The Morgan fingerprint density at radius 1 is 1.04 bits per heavy atom. The molecule has 0 saturated carbocycles. The summed E-state index contributed by atoms with van der Waals surface area (Å²) in [5.41, 5.74) is 6.85. The monoisotopic (exact) mass is 348 g/mol. The van der Waals surface area contributed by atoms with Crippen LogP contribution < -0.4 is 10.0 Å². The summed E-state index contributed by atoms with van der Waals surface area (Å²) in [6, 6.07) is 17.0. The van der Waals surface area contributed by atoms with Crippen LogP contribution in [-0.4, -0.2) is 27.0 Å². The van der Waals surface area contributed by atoms with Crippen LogP contribution in [0, 0.1) is 0 Å². The van der Waals surface area contributed by atoms with E-state index in [1.807, 2.05) is 42.5 Å². The Labute approximate surface area is 142 Å². The molecule has 2 aromatic rings. The second kappa shape index (κ2) is 8.08. The molecule has 6 heteroatoms. The first kappa shape index (κ1) is 17.4. The van der Waals surface area contributed by atoms with Gasteiger partial charge in [-0.1, -0.05) is 42.5 Å². The summed E-state index contributed by atoms with van der Waals surface area (Å²) in [6.07, 6.45) is 5.00. The summed E-state index contributed by atoms with van der Waals surface area (Å²) in [4.78, 5) is 1.18. The molecular formula is C17H20N2O2S2. The van der Waals surface area contributed by atoms with E-state index in [-0.39, 0.29) is 6.54 Å². The standard InChI is InChI=1S/C17H20N2O2S2/c1-23(20,21)19(17-12-6-5-11-16(17)18)13-7-8-14-22-15-9-3-2-4-10-15/h2-12H,13-14,18H2,1H3/b8-7-. The number of para-hydroxylation sites is 2. The van der Waals surface area contributed by atoms with Crippen LogP contribution in [0.4, 0.5) is 11.4 Å². The van der Waals surface area contributed by atoms with Gasteiger partial charge in [-0.2, -0.15) is 0 Å². The third-order valence-corrected chi connectivity index (χ3v) is 5.24. The number of rotatable bonds is 7. The average molecular weight is 348 g/mol. The molecule has 0 spiro atoms. The first-order valence-corrected chi connectivity index (χ1v) is 9.97. The van der Waals surface area contributed by atoms with Crippen molar-refractivity contribution in [1.82, 2.24) is 0 Å². The van der Waals surface area contributed by atoms with Crippen molar-refractivity contribution in [2.24, 2.45) is 0 Å². The number of sulfonamides is 1. The summed E-state index contributed by atoms with van der Waals surface area (Å²) in [5, 5.41) is 0. The molecule has 0 fully saturated rings. The predicted molar refractivity (Wildman–Crippen MR) is 99.4 cm³/mol. The maximum atomic E-state index is 12.0. The summed E-state index contributed by atoms with van der Waals surface area (Å²) in [5.74, 6) is 0.784. The minimum atomic E-state index is -3.38. The lowest BCUT2D eigenvalue weighted by Gasteiger charge is -2.22. The number of hydrogen-bond acceptors (Lipinski definition) is 4.